The number of nitrogens with zero attached hydrogens (tertiary/aromatic N) is 1. The van der Waals surface area contributed by atoms with Crippen molar-refractivity contribution in [1.29, 1.82) is 0 Å². The van der Waals surface area contributed by atoms with Crippen LogP contribution < -0.4 is 5.32 Å². The van der Waals surface area contributed by atoms with Crippen molar-refractivity contribution in [2.24, 2.45) is 17.8 Å². The van der Waals surface area contributed by atoms with Crippen LogP contribution in [0.25, 0.3) is 0 Å². The third-order valence-electron chi connectivity index (χ3n) is 6.00. The number of amides is 2. The Kier molecular flexibility index (Phi) is 2.83. The molecular weight excluding hydrogens is 252 g/mol. The summed E-state index contributed by atoms with van der Waals surface area (Å²) in [6.45, 7) is 1.51. The molecule has 4 nitrogen and oxygen atoms in total. The van der Waals surface area contributed by atoms with Crippen molar-refractivity contribution in [1.82, 2.24) is 10.2 Å². The summed E-state index contributed by atoms with van der Waals surface area (Å²) in [5.41, 5.74) is -0.0405. The molecule has 5 rings (SSSR count). The smallest absolute Gasteiger partial charge is 0.311 e. The van der Waals surface area contributed by atoms with E-state index >= 15 is 0 Å². The molecule has 1 aliphatic heterocycles. The van der Waals surface area contributed by atoms with Crippen LogP contribution in [0.1, 0.15) is 51.4 Å². The summed E-state index contributed by atoms with van der Waals surface area (Å²) in [6, 6.07) is 0. The highest BCUT2D eigenvalue weighted by Crippen LogP contribution is 2.55. The topological polar surface area (TPSA) is 49.4 Å². The van der Waals surface area contributed by atoms with Gasteiger partial charge >= 0.3 is 11.8 Å². The lowest BCUT2D eigenvalue weighted by atomic mass is 9.53. The average Bonchev–Trinajstić information content (AvgIpc) is 2.89. The number of carbonyl (C=O) groups excluding carboxylic acids is 2. The fourth-order valence-electron chi connectivity index (χ4n) is 5.62. The van der Waals surface area contributed by atoms with Gasteiger partial charge in [-0.25, -0.2) is 0 Å². The summed E-state index contributed by atoms with van der Waals surface area (Å²) < 4.78 is 0. The molecule has 4 aliphatic carbocycles. The maximum absolute atomic E-state index is 12.3. The zero-order chi connectivity index (χ0) is 13.7. The van der Waals surface area contributed by atoms with Gasteiger partial charge in [0.15, 0.2) is 0 Å². The Morgan fingerprint density at radius 3 is 1.90 bits per heavy atom. The Morgan fingerprint density at radius 1 is 0.900 bits per heavy atom. The fourth-order valence-corrected chi connectivity index (χ4v) is 5.62. The molecule has 2 amide bonds. The van der Waals surface area contributed by atoms with Crippen LogP contribution in [-0.2, 0) is 9.59 Å². The molecule has 4 heteroatoms. The molecule has 4 saturated carbocycles. The number of carbonyl (C=O) groups is 2. The fraction of sp³-hybridized carbons (Fsp3) is 0.875. The van der Waals surface area contributed by atoms with Gasteiger partial charge in [0.2, 0.25) is 0 Å². The molecule has 5 aliphatic rings. The van der Waals surface area contributed by atoms with Crippen LogP contribution in [0.5, 0.6) is 0 Å². The lowest BCUT2D eigenvalue weighted by Crippen LogP contribution is -2.61. The zero-order valence-corrected chi connectivity index (χ0v) is 12.1. The molecule has 0 spiro atoms. The van der Waals surface area contributed by atoms with Gasteiger partial charge in [0, 0.05) is 18.6 Å². The molecule has 0 aromatic carbocycles. The Hall–Kier alpha value is -1.06. The van der Waals surface area contributed by atoms with Crippen LogP contribution in [0.3, 0.4) is 0 Å². The minimum Gasteiger partial charge on any atom is -0.342 e. The Bertz CT molecular complexity index is 404. The molecule has 1 heterocycles. The Morgan fingerprint density at radius 2 is 1.40 bits per heavy atom. The van der Waals surface area contributed by atoms with Crippen LogP contribution >= 0.6 is 0 Å². The molecular formula is C16H24N2O2. The molecule has 1 N–H and O–H groups in total. The molecule has 0 unspecified atom stereocenters. The molecule has 0 radical (unpaired) electrons. The van der Waals surface area contributed by atoms with Gasteiger partial charge in [0.1, 0.15) is 0 Å². The van der Waals surface area contributed by atoms with E-state index in [1.807, 2.05) is 0 Å². The molecule has 110 valence electrons. The van der Waals surface area contributed by atoms with Crippen molar-refractivity contribution in [2.75, 3.05) is 13.1 Å². The number of rotatable bonds is 1. The molecule has 5 fully saturated rings. The number of likely N-dealkylation sites (tertiary alicyclic amines) is 1. The third-order valence-corrected chi connectivity index (χ3v) is 6.00. The van der Waals surface area contributed by atoms with Crippen LogP contribution in [0.15, 0.2) is 0 Å². The van der Waals surface area contributed by atoms with Gasteiger partial charge < -0.3 is 10.2 Å². The Balaban J connectivity index is 1.45. The van der Waals surface area contributed by atoms with E-state index in [1.54, 1.807) is 4.90 Å². The monoisotopic (exact) mass is 276 g/mol. The zero-order valence-electron chi connectivity index (χ0n) is 12.1. The molecule has 1 saturated heterocycles. The first kappa shape index (κ1) is 12.7. The van der Waals surface area contributed by atoms with Gasteiger partial charge in [-0.05, 0) is 69.1 Å². The summed E-state index contributed by atoms with van der Waals surface area (Å²) in [5, 5.41) is 3.17. The van der Waals surface area contributed by atoms with Crippen molar-refractivity contribution in [2.45, 2.75) is 56.9 Å². The lowest BCUT2D eigenvalue weighted by Gasteiger charge is -2.56. The summed E-state index contributed by atoms with van der Waals surface area (Å²) in [5.74, 6) is 1.75. The van der Waals surface area contributed by atoms with Gasteiger partial charge in [-0.1, -0.05) is 0 Å². The normalized spacial score (nSPS) is 42.0. The highest BCUT2D eigenvalue weighted by atomic mass is 16.2. The van der Waals surface area contributed by atoms with E-state index in [4.69, 9.17) is 0 Å². The molecule has 0 aromatic rings. The average molecular weight is 276 g/mol. The van der Waals surface area contributed by atoms with Crippen molar-refractivity contribution in [3.8, 4) is 0 Å². The van der Waals surface area contributed by atoms with Crippen LogP contribution in [0, 0.1) is 17.8 Å². The summed E-state index contributed by atoms with van der Waals surface area (Å²) >= 11 is 0. The number of hydrogen-bond donors (Lipinski definition) is 1. The van der Waals surface area contributed by atoms with Gasteiger partial charge in [0.05, 0.1) is 0 Å². The van der Waals surface area contributed by atoms with Crippen molar-refractivity contribution in [3.63, 3.8) is 0 Å². The number of nitrogens with one attached hydrogen (secondary N) is 1. The summed E-state index contributed by atoms with van der Waals surface area (Å²) in [6.07, 6.45) is 9.47. The van der Waals surface area contributed by atoms with Gasteiger partial charge in [-0.15, -0.1) is 0 Å². The standard InChI is InChI=1S/C16H24N2O2/c19-14(15(20)18-3-1-2-4-18)17-16-8-11-5-12(9-16)7-13(6-11)10-16/h11-13H,1-10H2,(H,17,19). The van der Waals surface area contributed by atoms with E-state index < -0.39 is 0 Å². The highest BCUT2D eigenvalue weighted by molar-refractivity contribution is 6.35. The first-order valence-corrected chi connectivity index (χ1v) is 8.25. The molecule has 0 atom stereocenters. The number of hydrogen-bond acceptors (Lipinski definition) is 2. The van der Waals surface area contributed by atoms with Crippen LogP contribution in [-0.4, -0.2) is 35.3 Å². The second-order valence-electron chi connectivity index (χ2n) is 7.65. The first-order chi connectivity index (χ1) is 9.63. The first-order valence-electron chi connectivity index (χ1n) is 8.25. The molecule has 4 bridgehead atoms. The van der Waals surface area contributed by atoms with Gasteiger partial charge in [-0.2, -0.15) is 0 Å². The SMILES string of the molecule is O=C(NC12CC3CC(CC(C3)C1)C2)C(=O)N1CCCC1. The van der Waals surface area contributed by atoms with E-state index in [2.05, 4.69) is 5.32 Å². The summed E-state index contributed by atoms with van der Waals surface area (Å²) in [7, 11) is 0. The minimum atomic E-state index is -0.339. The van der Waals surface area contributed by atoms with E-state index in [-0.39, 0.29) is 17.4 Å². The second kappa shape index (κ2) is 4.47. The van der Waals surface area contributed by atoms with Crippen LogP contribution in [0.4, 0.5) is 0 Å². The maximum Gasteiger partial charge on any atom is 0.311 e. The van der Waals surface area contributed by atoms with Crippen molar-refractivity contribution in [3.05, 3.63) is 0 Å². The predicted octanol–water partition coefficient (Wildman–Crippen LogP) is 1.69. The highest BCUT2D eigenvalue weighted by Gasteiger charge is 2.52. The second-order valence-corrected chi connectivity index (χ2v) is 7.65. The quantitative estimate of drug-likeness (QED) is 0.741. The van der Waals surface area contributed by atoms with Crippen molar-refractivity contribution >= 4 is 11.8 Å². The third kappa shape index (κ3) is 2.04. The van der Waals surface area contributed by atoms with E-state index in [9.17, 15) is 9.59 Å². The van der Waals surface area contributed by atoms with E-state index in [1.165, 1.54) is 19.3 Å². The predicted molar refractivity (Wildman–Crippen MR) is 74.9 cm³/mol. The largest absolute Gasteiger partial charge is 0.342 e. The van der Waals surface area contributed by atoms with E-state index in [0.29, 0.717) is 0 Å². The summed E-state index contributed by atoms with van der Waals surface area (Å²) in [4.78, 5) is 26.2. The van der Waals surface area contributed by atoms with E-state index in [0.717, 1.165) is 62.9 Å². The molecule has 0 aromatic heterocycles. The lowest BCUT2D eigenvalue weighted by molar-refractivity contribution is -0.148. The Labute approximate surface area is 120 Å². The van der Waals surface area contributed by atoms with Gasteiger partial charge in [0.25, 0.3) is 0 Å². The van der Waals surface area contributed by atoms with Crippen LogP contribution in [0.2, 0.25) is 0 Å². The minimum absolute atomic E-state index is 0.0405. The van der Waals surface area contributed by atoms with Gasteiger partial charge in [-0.3, -0.25) is 9.59 Å². The maximum atomic E-state index is 12.3. The molecule has 20 heavy (non-hydrogen) atoms. The van der Waals surface area contributed by atoms with Crippen molar-refractivity contribution < 1.29 is 9.59 Å².